The second kappa shape index (κ2) is 14.0. The number of Topliss-reactive ketones (excluding diaryl/α,β-unsaturated/α-hetero) is 1. The summed E-state index contributed by atoms with van der Waals surface area (Å²) in [5.74, 6) is -1.56. The molecule has 0 atom stereocenters. The topological polar surface area (TPSA) is 143 Å². The Morgan fingerprint density at radius 2 is 1.73 bits per heavy atom. The van der Waals surface area contributed by atoms with Gasteiger partial charge < -0.3 is 20.2 Å². The van der Waals surface area contributed by atoms with Crippen molar-refractivity contribution < 1.29 is 33.5 Å². The van der Waals surface area contributed by atoms with Gasteiger partial charge in [0, 0.05) is 44.0 Å². The molecular formula is C19H28N4O7. The molecule has 11 nitrogen and oxygen atoms in total. The maximum atomic E-state index is 11.7. The van der Waals surface area contributed by atoms with Gasteiger partial charge in [0.15, 0.2) is 12.4 Å². The second-order valence-electron chi connectivity index (χ2n) is 6.61. The molecule has 1 aliphatic heterocycles. The molecule has 1 rings (SSSR count). The summed E-state index contributed by atoms with van der Waals surface area (Å²) in [7, 11) is 0. The number of ether oxygens (including phenoxy) is 1. The van der Waals surface area contributed by atoms with E-state index in [0.29, 0.717) is 0 Å². The van der Waals surface area contributed by atoms with Gasteiger partial charge in [-0.2, -0.15) is 0 Å². The zero-order chi connectivity index (χ0) is 22.4. The summed E-state index contributed by atoms with van der Waals surface area (Å²) in [5, 5.41) is 8.76. The van der Waals surface area contributed by atoms with E-state index in [1.54, 1.807) is 13.8 Å². The third-order valence-electron chi connectivity index (χ3n) is 3.90. The van der Waals surface area contributed by atoms with Crippen LogP contribution in [0.3, 0.4) is 0 Å². The van der Waals surface area contributed by atoms with E-state index in [1.807, 2.05) is 0 Å². The smallest absolute Gasteiger partial charge is 0.253 e. The fourth-order valence-electron chi connectivity index (χ4n) is 2.09. The third-order valence-corrected chi connectivity index (χ3v) is 3.90. The number of hydrogen-bond donors (Lipinski definition) is 2. The Labute approximate surface area is 174 Å². The van der Waals surface area contributed by atoms with Crippen molar-refractivity contribution in [3.05, 3.63) is 12.2 Å². The maximum absolute atomic E-state index is 11.7. The van der Waals surface area contributed by atoms with Gasteiger partial charge in [-0.05, 0) is 0 Å². The highest BCUT2D eigenvalue weighted by molar-refractivity contribution is 6.13. The molecule has 0 aromatic rings. The van der Waals surface area contributed by atoms with Crippen LogP contribution in [0.25, 0.3) is 0 Å². The van der Waals surface area contributed by atoms with Crippen LogP contribution in [0.15, 0.2) is 17.3 Å². The van der Waals surface area contributed by atoms with Crippen molar-refractivity contribution in [1.82, 2.24) is 15.5 Å². The Bertz CT molecular complexity index is 670. The minimum atomic E-state index is -0.422. The van der Waals surface area contributed by atoms with Gasteiger partial charge in [-0.1, -0.05) is 19.0 Å². The van der Waals surface area contributed by atoms with Crippen LogP contribution < -0.4 is 10.6 Å². The fourth-order valence-corrected chi connectivity index (χ4v) is 2.09. The summed E-state index contributed by atoms with van der Waals surface area (Å²) in [6.07, 6.45) is 3.84. The van der Waals surface area contributed by atoms with Crippen LogP contribution in [-0.2, 0) is 33.5 Å². The van der Waals surface area contributed by atoms with Crippen molar-refractivity contribution in [3.8, 4) is 0 Å². The van der Waals surface area contributed by atoms with Crippen LogP contribution in [0.5, 0.6) is 0 Å². The lowest BCUT2D eigenvalue weighted by Crippen LogP contribution is -2.35. The van der Waals surface area contributed by atoms with Crippen molar-refractivity contribution in [2.75, 3.05) is 39.5 Å². The Hall–Kier alpha value is -3.08. The molecule has 30 heavy (non-hydrogen) atoms. The first-order valence-electron chi connectivity index (χ1n) is 9.62. The Morgan fingerprint density at radius 1 is 1.07 bits per heavy atom. The average molecular weight is 424 g/mol. The number of ketones is 1. The largest absolute Gasteiger partial charge is 0.388 e. The lowest BCUT2D eigenvalue weighted by atomic mass is 10.1. The van der Waals surface area contributed by atoms with Gasteiger partial charge in [-0.15, -0.1) is 0 Å². The predicted molar refractivity (Wildman–Crippen MR) is 106 cm³/mol. The summed E-state index contributed by atoms with van der Waals surface area (Å²) in [5.41, 5.74) is 0. The second-order valence-corrected chi connectivity index (χ2v) is 6.61. The molecule has 0 fully saturated rings. The predicted octanol–water partition coefficient (Wildman–Crippen LogP) is -0.832. The molecule has 0 aliphatic carbocycles. The monoisotopic (exact) mass is 424 g/mol. The highest BCUT2D eigenvalue weighted by atomic mass is 16.6. The van der Waals surface area contributed by atoms with Crippen LogP contribution >= 0.6 is 0 Å². The number of carbonyl (C=O) groups excluding carboxylic acids is 5. The Morgan fingerprint density at radius 3 is 2.40 bits per heavy atom. The molecule has 0 aromatic carbocycles. The van der Waals surface area contributed by atoms with Crippen LogP contribution in [0.2, 0.25) is 0 Å². The summed E-state index contributed by atoms with van der Waals surface area (Å²) >= 11 is 0. The van der Waals surface area contributed by atoms with Gasteiger partial charge in [0.2, 0.25) is 11.8 Å². The number of amides is 4. The van der Waals surface area contributed by atoms with Crippen molar-refractivity contribution in [2.24, 2.45) is 11.1 Å². The first-order chi connectivity index (χ1) is 14.3. The van der Waals surface area contributed by atoms with E-state index in [4.69, 9.17) is 9.57 Å². The average Bonchev–Trinajstić information content (AvgIpc) is 3.02. The molecule has 0 saturated carbocycles. The molecule has 1 aliphatic rings. The summed E-state index contributed by atoms with van der Waals surface area (Å²) in [4.78, 5) is 63.1. The Balaban J connectivity index is 1.96. The van der Waals surface area contributed by atoms with Gasteiger partial charge in [0.05, 0.1) is 26.0 Å². The molecule has 11 heteroatoms. The lowest BCUT2D eigenvalue weighted by Gasteiger charge is -2.13. The lowest BCUT2D eigenvalue weighted by molar-refractivity contribution is -0.137. The van der Waals surface area contributed by atoms with E-state index in [9.17, 15) is 24.0 Å². The maximum Gasteiger partial charge on any atom is 0.253 e. The number of imide groups is 1. The van der Waals surface area contributed by atoms with E-state index in [2.05, 4.69) is 15.8 Å². The van der Waals surface area contributed by atoms with Gasteiger partial charge in [0.1, 0.15) is 0 Å². The standard InChI is InChI=1S/C19H28N4O7/c1-14(2)15(24)13-30-22-8-7-20-17(26)6-11-29-12-9-21-16(25)5-10-23-18(27)3-4-19(23)28/h3-4,8,14H,5-7,9-13H2,1-2H3,(H,20,26)(H,21,25). The summed E-state index contributed by atoms with van der Waals surface area (Å²) < 4.78 is 5.26. The van der Waals surface area contributed by atoms with Crippen molar-refractivity contribution >= 4 is 35.6 Å². The molecule has 4 amide bonds. The number of nitrogens with zero attached hydrogens (tertiary/aromatic N) is 2. The van der Waals surface area contributed by atoms with Crippen molar-refractivity contribution in [2.45, 2.75) is 26.7 Å². The van der Waals surface area contributed by atoms with Gasteiger partial charge in [-0.25, -0.2) is 0 Å². The van der Waals surface area contributed by atoms with Gasteiger partial charge >= 0.3 is 0 Å². The van der Waals surface area contributed by atoms with Crippen molar-refractivity contribution in [3.63, 3.8) is 0 Å². The van der Waals surface area contributed by atoms with E-state index in [0.717, 1.165) is 4.90 Å². The zero-order valence-corrected chi connectivity index (χ0v) is 17.2. The molecule has 0 radical (unpaired) electrons. The van der Waals surface area contributed by atoms with E-state index >= 15 is 0 Å². The van der Waals surface area contributed by atoms with Gasteiger partial charge in [-0.3, -0.25) is 28.9 Å². The molecule has 0 unspecified atom stereocenters. The molecular weight excluding hydrogens is 396 g/mol. The van der Waals surface area contributed by atoms with Crippen LogP contribution in [0, 0.1) is 5.92 Å². The van der Waals surface area contributed by atoms with Crippen LogP contribution in [-0.4, -0.2) is 80.0 Å². The van der Waals surface area contributed by atoms with Gasteiger partial charge in [0.25, 0.3) is 11.8 Å². The van der Waals surface area contributed by atoms with Crippen LogP contribution in [0.1, 0.15) is 26.7 Å². The number of nitrogens with one attached hydrogen (secondary N) is 2. The molecule has 0 spiro atoms. The number of oxime groups is 1. The molecule has 0 aromatic heterocycles. The highest BCUT2D eigenvalue weighted by Gasteiger charge is 2.23. The fraction of sp³-hybridized carbons (Fsp3) is 0.579. The number of rotatable bonds is 15. The van der Waals surface area contributed by atoms with Crippen molar-refractivity contribution in [1.29, 1.82) is 0 Å². The van der Waals surface area contributed by atoms with Crippen LogP contribution in [0.4, 0.5) is 0 Å². The first-order valence-corrected chi connectivity index (χ1v) is 9.62. The van der Waals surface area contributed by atoms with E-state index in [1.165, 1.54) is 18.4 Å². The third kappa shape index (κ3) is 10.5. The quantitative estimate of drug-likeness (QED) is 0.151. The number of hydrogen-bond acceptors (Lipinski definition) is 8. The molecule has 1 heterocycles. The molecule has 0 saturated heterocycles. The summed E-state index contributed by atoms with van der Waals surface area (Å²) in [6.45, 7) is 4.29. The normalized spacial score (nSPS) is 13.4. The summed E-state index contributed by atoms with van der Waals surface area (Å²) in [6, 6.07) is 0. The zero-order valence-electron chi connectivity index (χ0n) is 17.2. The SMILES string of the molecule is CC(C)C(=O)CON=CCNC(=O)CCOCCNC(=O)CCN1C(=O)C=CC1=O. The highest BCUT2D eigenvalue weighted by Crippen LogP contribution is 2.03. The first kappa shape index (κ1) is 25.0. The minimum Gasteiger partial charge on any atom is -0.388 e. The molecule has 166 valence electrons. The Kier molecular flexibility index (Phi) is 11.6. The van der Waals surface area contributed by atoms with E-state index < -0.39 is 11.8 Å². The minimum absolute atomic E-state index is 0.0124. The molecule has 0 bridgehead atoms. The van der Waals surface area contributed by atoms with E-state index in [-0.39, 0.29) is 75.8 Å². The molecule has 2 N–H and O–H groups in total. The number of carbonyl (C=O) groups is 5.